The maximum absolute atomic E-state index is 12.9. The summed E-state index contributed by atoms with van der Waals surface area (Å²) in [6.45, 7) is 10.7. The molecule has 166 valence electrons. The Morgan fingerprint density at radius 1 is 1.23 bits per heavy atom. The number of ether oxygens (including phenoxy) is 4. The van der Waals surface area contributed by atoms with E-state index in [4.69, 9.17) is 23.4 Å². The minimum Gasteiger partial charge on any atom is -0.462 e. The van der Waals surface area contributed by atoms with Crippen molar-refractivity contribution in [1.29, 1.82) is 0 Å². The molecule has 0 N–H and O–H groups in total. The number of carbonyl (C=O) groups is 3. The van der Waals surface area contributed by atoms with Crippen LogP contribution < -0.4 is 0 Å². The van der Waals surface area contributed by atoms with Gasteiger partial charge in [-0.15, -0.1) is 0 Å². The zero-order chi connectivity index (χ0) is 22.3. The molecule has 4 bridgehead atoms. The summed E-state index contributed by atoms with van der Waals surface area (Å²) in [5, 5.41) is 0. The third-order valence-electron chi connectivity index (χ3n) is 6.97. The number of allylic oxidation sites excluding steroid dienone is 1. The van der Waals surface area contributed by atoms with Crippen molar-refractivity contribution in [1.82, 2.24) is 0 Å². The Morgan fingerprint density at radius 2 is 1.97 bits per heavy atom. The first-order valence-corrected chi connectivity index (χ1v) is 10.6. The highest BCUT2D eigenvalue weighted by atomic mass is 16.7. The van der Waals surface area contributed by atoms with E-state index in [0.29, 0.717) is 36.3 Å². The third kappa shape index (κ3) is 3.07. The average molecular weight is 430 g/mol. The molecule has 0 amide bonds. The van der Waals surface area contributed by atoms with Crippen LogP contribution in [0.4, 0.5) is 0 Å². The summed E-state index contributed by atoms with van der Waals surface area (Å²) in [7, 11) is 0. The Kier molecular flexibility index (Phi) is 4.31. The molecule has 0 saturated carbocycles. The molecule has 8 heteroatoms. The van der Waals surface area contributed by atoms with Crippen LogP contribution in [0.1, 0.15) is 68.5 Å². The van der Waals surface area contributed by atoms with Gasteiger partial charge in [-0.25, -0.2) is 4.79 Å². The lowest BCUT2D eigenvalue weighted by molar-refractivity contribution is -0.165. The van der Waals surface area contributed by atoms with Gasteiger partial charge >= 0.3 is 11.9 Å². The molecule has 3 saturated heterocycles. The topological polar surface area (TPSA) is 108 Å². The molecule has 8 nitrogen and oxygen atoms in total. The highest BCUT2D eigenvalue weighted by Gasteiger charge is 2.79. The molecular weight excluding hydrogens is 404 g/mol. The third-order valence-corrected chi connectivity index (χ3v) is 6.97. The molecule has 1 unspecified atom stereocenters. The van der Waals surface area contributed by atoms with E-state index in [1.807, 2.05) is 13.8 Å². The molecule has 3 fully saturated rings. The summed E-state index contributed by atoms with van der Waals surface area (Å²) in [5.41, 5.74) is -0.567. The van der Waals surface area contributed by atoms with Crippen LogP contribution in [-0.2, 0) is 35.0 Å². The van der Waals surface area contributed by atoms with Crippen LogP contribution in [0.5, 0.6) is 0 Å². The number of rotatable bonds is 3. The molecule has 4 aliphatic heterocycles. The molecular formula is C23H26O8. The van der Waals surface area contributed by atoms with Gasteiger partial charge in [-0.2, -0.15) is 0 Å². The Labute approximate surface area is 179 Å². The van der Waals surface area contributed by atoms with Gasteiger partial charge in [0.15, 0.2) is 5.78 Å². The molecule has 7 atom stereocenters. The fraction of sp³-hybridized carbons (Fsp3) is 0.609. The summed E-state index contributed by atoms with van der Waals surface area (Å²) >= 11 is 0. The molecule has 1 aromatic heterocycles. The van der Waals surface area contributed by atoms with Gasteiger partial charge < -0.3 is 23.4 Å². The maximum Gasteiger partial charge on any atom is 0.345 e. The average Bonchev–Trinajstić information content (AvgIpc) is 3.48. The Bertz CT molecular complexity index is 1010. The Hall–Kier alpha value is -2.45. The predicted molar refractivity (Wildman–Crippen MR) is 105 cm³/mol. The van der Waals surface area contributed by atoms with Gasteiger partial charge in [-0.05, 0) is 39.2 Å². The van der Waals surface area contributed by atoms with Crippen molar-refractivity contribution in [2.45, 2.75) is 82.6 Å². The largest absolute Gasteiger partial charge is 0.462 e. The van der Waals surface area contributed by atoms with Crippen molar-refractivity contribution < 1.29 is 37.7 Å². The number of ketones is 1. The van der Waals surface area contributed by atoms with Crippen LogP contribution in [0.3, 0.4) is 0 Å². The predicted octanol–water partition coefficient (Wildman–Crippen LogP) is 2.84. The number of fused-ring (bicyclic) bond motifs is 4. The van der Waals surface area contributed by atoms with Crippen molar-refractivity contribution in [2.24, 2.45) is 5.92 Å². The van der Waals surface area contributed by atoms with Gasteiger partial charge in [0.05, 0.1) is 5.56 Å². The van der Waals surface area contributed by atoms with Crippen LogP contribution in [0.15, 0.2) is 22.6 Å². The number of hydrogen-bond donors (Lipinski definition) is 0. The first kappa shape index (κ1) is 20.5. The minimum atomic E-state index is -1.30. The molecule has 0 spiro atoms. The first-order chi connectivity index (χ1) is 14.5. The molecule has 4 aliphatic rings. The second-order valence-corrected chi connectivity index (χ2v) is 9.41. The van der Waals surface area contributed by atoms with Crippen LogP contribution in [0, 0.1) is 5.92 Å². The van der Waals surface area contributed by atoms with Crippen LogP contribution in [0.2, 0.25) is 0 Å². The molecule has 5 rings (SSSR count). The van der Waals surface area contributed by atoms with Gasteiger partial charge in [0.2, 0.25) is 5.60 Å². The standard InChI is InChI=1S/C23H26O8/c1-10(2)13-6-15-14(11(3)24)8-16(28-15)19-22(5,30-19)9-17-20-23(31-20,21(26)29-17)18(7-13)27-12(4)25/h8,13,17-20H,1,6-7,9H2,2-5H3/t13?,17-,18+,19+,20-,22+,23-/m1/s1. The maximum atomic E-state index is 12.9. The van der Waals surface area contributed by atoms with Gasteiger partial charge in [0.1, 0.15) is 41.5 Å². The van der Waals surface area contributed by atoms with E-state index in [0.717, 1.165) is 5.57 Å². The van der Waals surface area contributed by atoms with Crippen molar-refractivity contribution in [2.75, 3.05) is 0 Å². The number of carbonyl (C=O) groups excluding carboxylic acids is 3. The SMILES string of the molecule is C=C(C)C1Cc2oc(cc2C(C)=O)[C@@H]2O[C@@]2(C)C[C@H]2OC(=O)[C@@]3(O[C@H]23)[C@@H](OC(C)=O)C1. The summed E-state index contributed by atoms with van der Waals surface area (Å²) in [5.74, 6) is -0.177. The number of furan rings is 1. The van der Waals surface area contributed by atoms with Crippen molar-refractivity contribution >= 4 is 17.7 Å². The van der Waals surface area contributed by atoms with E-state index >= 15 is 0 Å². The van der Waals surface area contributed by atoms with E-state index in [1.54, 1.807) is 6.07 Å². The van der Waals surface area contributed by atoms with Crippen molar-refractivity contribution in [3.05, 3.63) is 35.3 Å². The second kappa shape index (κ2) is 6.53. The van der Waals surface area contributed by atoms with Gasteiger partial charge in [0, 0.05) is 19.8 Å². The van der Waals surface area contributed by atoms with Crippen molar-refractivity contribution in [3.63, 3.8) is 0 Å². The molecule has 1 aromatic rings. The quantitative estimate of drug-likeness (QED) is 0.312. The Morgan fingerprint density at radius 3 is 2.58 bits per heavy atom. The number of epoxide rings is 2. The number of esters is 2. The lowest BCUT2D eigenvalue weighted by atomic mass is 9.83. The monoisotopic (exact) mass is 430 g/mol. The molecule has 31 heavy (non-hydrogen) atoms. The zero-order valence-corrected chi connectivity index (χ0v) is 18.1. The van der Waals surface area contributed by atoms with Gasteiger partial charge in [-0.1, -0.05) is 12.2 Å². The fourth-order valence-electron chi connectivity index (χ4n) is 5.15. The second-order valence-electron chi connectivity index (χ2n) is 9.41. The van der Waals surface area contributed by atoms with E-state index < -0.39 is 41.5 Å². The van der Waals surface area contributed by atoms with E-state index in [1.165, 1.54) is 13.8 Å². The van der Waals surface area contributed by atoms with E-state index in [9.17, 15) is 14.4 Å². The van der Waals surface area contributed by atoms with Crippen LogP contribution in [0.25, 0.3) is 0 Å². The van der Waals surface area contributed by atoms with Gasteiger partial charge in [-0.3, -0.25) is 9.59 Å². The molecule has 0 aliphatic carbocycles. The molecule has 0 radical (unpaired) electrons. The van der Waals surface area contributed by atoms with Crippen molar-refractivity contribution in [3.8, 4) is 0 Å². The highest BCUT2D eigenvalue weighted by Crippen LogP contribution is 2.59. The lowest BCUT2D eigenvalue weighted by Crippen LogP contribution is -2.42. The van der Waals surface area contributed by atoms with Crippen LogP contribution >= 0.6 is 0 Å². The summed E-state index contributed by atoms with van der Waals surface area (Å²) in [6, 6.07) is 1.75. The first-order valence-electron chi connectivity index (χ1n) is 10.6. The van der Waals surface area contributed by atoms with E-state index in [-0.39, 0.29) is 17.8 Å². The van der Waals surface area contributed by atoms with E-state index in [2.05, 4.69) is 6.58 Å². The minimum absolute atomic E-state index is 0.0980. The Balaban J connectivity index is 1.58. The smallest absolute Gasteiger partial charge is 0.345 e. The fourth-order valence-corrected chi connectivity index (χ4v) is 5.15. The lowest BCUT2D eigenvalue weighted by Gasteiger charge is -2.26. The van der Waals surface area contributed by atoms with Crippen LogP contribution in [-0.4, -0.2) is 47.2 Å². The summed E-state index contributed by atoms with van der Waals surface area (Å²) in [6.07, 6.45) is -1.06. The highest BCUT2D eigenvalue weighted by molar-refractivity contribution is 5.95. The summed E-state index contributed by atoms with van der Waals surface area (Å²) < 4.78 is 29.2. The number of hydrogen-bond acceptors (Lipinski definition) is 8. The summed E-state index contributed by atoms with van der Waals surface area (Å²) in [4.78, 5) is 37.0. The van der Waals surface area contributed by atoms with Gasteiger partial charge in [0.25, 0.3) is 0 Å². The normalized spacial score (nSPS) is 40.3. The molecule has 0 aromatic carbocycles. The molecule has 5 heterocycles. The number of Topliss-reactive ketones (excluding diaryl/α,β-unsaturated/α-hetero) is 1. The zero-order valence-electron chi connectivity index (χ0n) is 18.1.